The number of nitrogens with zero attached hydrogens (tertiary/aromatic N) is 1. The molecule has 1 heterocycles. The first-order valence-electron chi connectivity index (χ1n) is 6.84. The van der Waals surface area contributed by atoms with E-state index in [2.05, 4.69) is 29.8 Å². The molecule has 1 aliphatic rings. The van der Waals surface area contributed by atoms with Gasteiger partial charge in [0.05, 0.1) is 4.90 Å². The lowest BCUT2D eigenvalue weighted by atomic mass is 9.79. The van der Waals surface area contributed by atoms with Crippen LogP contribution in [0.4, 0.5) is 5.69 Å². The van der Waals surface area contributed by atoms with Crippen LogP contribution in [0, 0.1) is 5.41 Å². The van der Waals surface area contributed by atoms with Crippen molar-refractivity contribution in [2.75, 3.05) is 18.8 Å². The molecule has 0 amide bonds. The van der Waals surface area contributed by atoms with E-state index in [-0.39, 0.29) is 10.3 Å². The molecule has 0 radical (unpaired) electrons. The molecule has 20 heavy (non-hydrogen) atoms. The molecule has 0 aliphatic carbocycles. The number of nitrogen functional groups attached to an aromatic ring is 1. The molecule has 4 nitrogen and oxygen atoms in total. The molecule has 2 N–H and O–H groups in total. The van der Waals surface area contributed by atoms with Gasteiger partial charge in [0.1, 0.15) is 0 Å². The third-order valence-electron chi connectivity index (χ3n) is 4.39. The van der Waals surface area contributed by atoms with Crippen LogP contribution in [-0.2, 0) is 10.0 Å². The first kappa shape index (κ1) is 15.8. The Balaban J connectivity index is 2.22. The molecule has 1 saturated heterocycles. The lowest BCUT2D eigenvalue weighted by Gasteiger charge is -2.38. The zero-order valence-electron chi connectivity index (χ0n) is 11.9. The minimum atomic E-state index is -3.43. The first-order valence-corrected chi connectivity index (χ1v) is 9.07. The quantitative estimate of drug-likeness (QED) is 0.841. The molecule has 0 bridgehead atoms. The summed E-state index contributed by atoms with van der Waals surface area (Å²) in [5, 5.41) is 0. The average molecular weight is 361 g/mol. The van der Waals surface area contributed by atoms with Gasteiger partial charge in [0.2, 0.25) is 10.0 Å². The van der Waals surface area contributed by atoms with E-state index in [1.165, 1.54) is 6.07 Å². The normalized spacial score (nSPS) is 19.9. The summed E-state index contributed by atoms with van der Waals surface area (Å²) in [7, 11) is -3.43. The highest BCUT2D eigenvalue weighted by atomic mass is 79.9. The first-order chi connectivity index (χ1) is 9.28. The Bertz CT molecular complexity index is 593. The second-order valence-electron chi connectivity index (χ2n) is 5.75. The zero-order chi connectivity index (χ0) is 15.0. The Morgan fingerprint density at radius 3 is 2.45 bits per heavy atom. The minimum Gasteiger partial charge on any atom is -0.398 e. The minimum absolute atomic E-state index is 0.269. The molecule has 0 spiro atoms. The monoisotopic (exact) mass is 360 g/mol. The summed E-state index contributed by atoms with van der Waals surface area (Å²) < 4.78 is 27.5. The SMILES string of the molecule is CCC1(C)CCN(S(=O)(=O)c2ccc(Br)c(N)c2)CC1. The molecular formula is C14H21BrN2O2S. The van der Waals surface area contributed by atoms with Gasteiger partial charge in [-0.3, -0.25) is 0 Å². The van der Waals surface area contributed by atoms with E-state index < -0.39 is 10.0 Å². The van der Waals surface area contributed by atoms with Gasteiger partial charge in [0.15, 0.2) is 0 Å². The van der Waals surface area contributed by atoms with Gasteiger partial charge in [-0.25, -0.2) is 8.42 Å². The summed E-state index contributed by atoms with van der Waals surface area (Å²) in [5.41, 5.74) is 6.50. The number of rotatable bonds is 3. The highest BCUT2D eigenvalue weighted by Gasteiger charge is 2.34. The van der Waals surface area contributed by atoms with Crippen LogP contribution in [0.25, 0.3) is 0 Å². The van der Waals surface area contributed by atoms with Crippen LogP contribution in [0.5, 0.6) is 0 Å². The summed E-state index contributed by atoms with van der Waals surface area (Å²) in [5.74, 6) is 0. The number of anilines is 1. The third-order valence-corrected chi connectivity index (χ3v) is 7.01. The van der Waals surface area contributed by atoms with E-state index in [0.29, 0.717) is 23.2 Å². The van der Waals surface area contributed by atoms with Crippen molar-refractivity contribution < 1.29 is 8.42 Å². The van der Waals surface area contributed by atoms with Crippen LogP contribution < -0.4 is 5.73 Å². The lowest BCUT2D eigenvalue weighted by Crippen LogP contribution is -2.41. The molecule has 1 fully saturated rings. The molecule has 112 valence electrons. The van der Waals surface area contributed by atoms with E-state index >= 15 is 0 Å². The predicted molar refractivity (Wildman–Crippen MR) is 84.9 cm³/mol. The van der Waals surface area contributed by atoms with Gasteiger partial charge in [-0.2, -0.15) is 4.31 Å². The molecule has 1 aromatic carbocycles. The van der Waals surface area contributed by atoms with Gasteiger partial charge in [-0.05, 0) is 52.4 Å². The van der Waals surface area contributed by atoms with Crippen LogP contribution in [-0.4, -0.2) is 25.8 Å². The lowest BCUT2D eigenvalue weighted by molar-refractivity contribution is 0.169. The van der Waals surface area contributed by atoms with E-state index in [9.17, 15) is 8.42 Å². The van der Waals surface area contributed by atoms with Crippen molar-refractivity contribution in [2.24, 2.45) is 5.41 Å². The maximum Gasteiger partial charge on any atom is 0.243 e. The van der Waals surface area contributed by atoms with Crippen molar-refractivity contribution in [1.29, 1.82) is 0 Å². The molecule has 0 aromatic heterocycles. The summed E-state index contributed by atoms with van der Waals surface area (Å²) >= 11 is 3.28. The third kappa shape index (κ3) is 3.02. The summed E-state index contributed by atoms with van der Waals surface area (Å²) in [6, 6.07) is 4.80. The van der Waals surface area contributed by atoms with E-state index in [4.69, 9.17) is 5.73 Å². The van der Waals surface area contributed by atoms with Crippen molar-refractivity contribution in [1.82, 2.24) is 4.31 Å². The molecule has 0 saturated carbocycles. The fourth-order valence-corrected chi connectivity index (χ4v) is 4.18. The Kier molecular flexibility index (Phi) is 4.47. The fraction of sp³-hybridized carbons (Fsp3) is 0.571. The maximum absolute atomic E-state index is 12.6. The van der Waals surface area contributed by atoms with Crippen LogP contribution in [0.15, 0.2) is 27.6 Å². The van der Waals surface area contributed by atoms with Gasteiger partial charge in [-0.1, -0.05) is 20.3 Å². The molecule has 0 unspecified atom stereocenters. The van der Waals surface area contributed by atoms with Crippen LogP contribution in [0.3, 0.4) is 0 Å². The van der Waals surface area contributed by atoms with Crippen molar-refractivity contribution in [3.63, 3.8) is 0 Å². The van der Waals surface area contributed by atoms with Crippen LogP contribution in [0.2, 0.25) is 0 Å². The number of hydrogen-bond acceptors (Lipinski definition) is 3. The van der Waals surface area contributed by atoms with Crippen molar-refractivity contribution in [2.45, 2.75) is 38.0 Å². The average Bonchev–Trinajstić information content (AvgIpc) is 2.42. The van der Waals surface area contributed by atoms with Gasteiger partial charge >= 0.3 is 0 Å². The summed E-state index contributed by atoms with van der Waals surface area (Å²) in [4.78, 5) is 0.276. The van der Waals surface area contributed by atoms with Crippen molar-refractivity contribution >= 4 is 31.6 Å². The molecule has 2 rings (SSSR count). The highest BCUT2D eigenvalue weighted by molar-refractivity contribution is 9.10. The van der Waals surface area contributed by atoms with Gasteiger partial charge in [-0.15, -0.1) is 0 Å². The van der Waals surface area contributed by atoms with Crippen LogP contribution in [0.1, 0.15) is 33.1 Å². The predicted octanol–water partition coefficient (Wildman–Crippen LogP) is 3.23. The second-order valence-corrected chi connectivity index (χ2v) is 8.54. The Morgan fingerprint density at radius 2 is 1.95 bits per heavy atom. The Hall–Kier alpha value is -0.590. The van der Waals surface area contributed by atoms with Gasteiger partial charge < -0.3 is 5.73 Å². The Morgan fingerprint density at radius 1 is 1.35 bits per heavy atom. The highest BCUT2D eigenvalue weighted by Crippen LogP contribution is 2.36. The largest absolute Gasteiger partial charge is 0.398 e. The number of sulfonamides is 1. The summed E-state index contributed by atoms with van der Waals surface area (Å²) in [6.07, 6.45) is 2.91. The van der Waals surface area contributed by atoms with E-state index in [0.717, 1.165) is 19.3 Å². The topological polar surface area (TPSA) is 63.4 Å². The number of benzene rings is 1. The number of hydrogen-bond donors (Lipinski definition) is 1. The van der Waals surface area contributed by atoms with Crippen molar-refractivity contribution in [3.8, 4) is 0 Å². The number of halogens is 1. The van der Waals surface area contributed by atoms with Gasteiger partial charge in [0.25, 0.3) is 0 Å². The fourth-order valence-electron chi connectivity index (χ4n) is 2.45. The smallest absolute Gasteiger partial charge is 0.243 e. The molecule has 1 aromatic rings. The maximum atomic E-state index is 12.6. The molecule has 6 heteroatoms. The Labute approximate surface area is 129 Å². The van der Waals surface area contributed by atoms with E-state index in [1.807, 2.05) is 0 Å². The molecular weight excluding hydrogens is 340 g/mol. The van der Waals surface area contributed by atoms with E-state index in [1.54, 1.807) is 16.4 Å². The van der Waals surface area contributed by atoms with Crippen molar-refractivity contribution in [3.05, 3.63) is 22.7 Å². The summed E-state index contributed by atoms with van der Waals surface area (Å²) in [6.45, 7) is 5.57. The number of nitrogens with two attached hydrogens (primary N) is 1. The number of piperidine rings is 1. The standard InChI is InChI=1S/C14H21BrN2O2S/c1-3-14(2)6-8-17(9-7-14)20(18,19)11-4-5-12(15)13(16)10-11/h4-5,10H,3,6-9,16H2,1-2H3. The van der Waals surface area contributed by atoms with Gasteiger partial charge in [0, 0.05) is 23.2 Å². The zero-order valence-corrected chi connectivity index (χ0v) is 14.3. The molecule has 1 aliphatic heterocycles. The van der Waals surface area contributed by atoms with Crippen LogP contribution >= 0.6 is 15.9 Å². The molecule has 0 atom stereocenters. The second kappa shape index (κ2) is 5.66.